The van der Waals surface area contributed by atoms with E-state index in [0.717, 1.165) is 11.3 Å². The Kier molecular flexibility index (Phi) is 5.75. The molecular formula is C16H19FN2OS. The van der Waals surface area contributed by atoms with Gasteiger partial charge in [0.05, 0.1) is 6.54 Å². The van der Waals surface area contributed by atoms with E-state index in [0.29, 0.717) is 25.1 Å². The Hall–Kier alpha value is -1.88. The minimum absolute atomic E-state index is 0.224. The van der Waals surface area contributed by atoms with E-state index in [-0.39, 0.29) is 11.8 Å². The second kappa shape index (κ2) is 7.78. The molecule has 2 N–H and O–H groups in total. The molecule has 0 atom stereocenters. The first-order chi connectivity index (χ1) is 10.2. The SMILES string of the molecule is CCc1ccc(CNC(=O)NCCc2ccccc2F)s1. The highest BCUT2D eigenvalue weighted by Crippen LogP contribution is 2.16. The van der Waals surface area contributed by atoms with Gasteiger partial charge in [-0.2, -0.15) is 0 Å². The van der Waals surface area contributed by atoms with Crippen molar-refractivity contribution in [3.8, 4) is 0 Å². The van der Waals surface area contributed by atoms with Gasteiger partial charge in [0, 0.05) is 16.3 Å². The Labute approximate surface area is 128 Å². The van der Waals surface area contributed by atoms with Crippen LogP contribution in [0.15, 0.2) is 36.4 Å². The van der Waals surface area contributed by atoms with Crippen molar-refractivity contribution in [2.45, 2.75) is 26.3 Å². The van der Waals surface area contributed by atoms with Crippen molar-refractivity contribution in [3.05, 3.63) is 57.5 Å². The molecule has 0 radical (unpaired) electrons. The van der Waals surface area contributed by atoms with E-state index in [1.807, 2.05) is 6.07 Å². The van der Waals surface area contributed by atoms with Crippen LogP contribution in [0.25, 0.3) is 0 Å². The lowest BCUT2D eigenvalue weighted by molar-refractivity contribution is 0.240. The van der Waals surface area contributed by atoms with Crippen LogP contribution in [-0.4, -0.2) is 12.6 Å². The van der Waals surface area contributed by atoms with Gasteiger partial charge in [-0.25, -0.2) is 9.18 Å². The Morgan fingerprint density at radius 2 is 1.90 bits per heavy atom. The molecule has 0 saturated heterocycles. The third-order valence-corrected chi connectivity index (χ3v) is 4.36. The van der Waals surface area contributed by atoms with Crippen LogP contribution in [0.1, 0.15) is 22.2 Å². The number of hydrogen-bond donors (Lipinski definition) is 2. The fourth-order valence-corrected chi connectivity index (χ4v) is 2.85. The first-order valence-electron chi connectivity index (χ1n) is 7.01. The number of aryl methyl sites for hydroxylation is 1. The van der Waals surface area contributed by atoms with E-state index in [1.165, 1.54) is 10.9 Å². The number of thiophene rings is 1. The maximum absolute atomic E-state index is 13.4. The molecule has 1 heterocycles. The molecule has 2 rings (SSSR count). The van der Waals surface area contributed by atoms with E-state index in [4.69, 9.17) is 0 Å². The molecule has 5 heteroatoms. The molecule has 0 unspecified atom stereocenters. The Bertz CT molecular complexity index is 597. The Morgan fingerprint density at radius 3 is 2.62 bits per heavy atom. The number of nitrogens with one attached hydrogen (secondary N) is 2. The van der Waals surface area contributed by atoms with E-state index >= 15 is 0 Å². The Balaban J connectivity index is 1.69. The number of hydrogen-bond acceptors (Lipinski definition) is 2. The second-order valence-electron chi connectivity index (χ2n) is 4.67. The summed E-state index contributed by atoms with van der Waals surface area (Å²) < 4.78 is 13.4. The number of urea groups is 1. The van der Waals surface area contributed by atoms with Crippen LogP contribution in [0.3, 0.4) is 0 Å². The topological polar surface area (TPSA) is 41.1 Å². The lowest BCUT2D eigenvalue weighted by Crippen LogP contribution is -2.36. The first-order valence-corrected chi connectivity index (χ1v) is 7.83. The van der Waals surface area contributed by atoms with Crippen LogP contribution in [0, 0.1) is 5.82 Å². The standard InChI is InChI=1S/C16H19FN2OS/c1-2-13-7-8-14(21-13)11-19-16(20)18-10-9-12-5-3-4-6-15(12)17/h3-8H,2,9-11H2,1H3,(H2,18,19,20). The van der Waals surface area contributed by atoms with Gasteiger partial charge in [0.25, 0.3) is 0 Å². The number of benzene rings is 1. The average molecular weight is 306 g/mol. The van der Waals surface area contributed by atoms with Gasteiger partial charge in [0.2, 0.25) is 0 Å². The number of amides is 2. The monoisotopic (exact) mass is 306 g/mol. The van der Waals surface area contributed by atoms with Crippen LogP contribution in [0.2, 0.25) is 0 Å². The van der Waals surface area contributed by atoms with Gasteiger partial charge in [-0.05, 0) is 36.6 Å². The van der Waals surface area contributed by atoms with Gasteiger partial charge in [0.15, 0.2) is 0 Å². The Morgan fingerprint density at radius 1 is 1.14 bits per heavy atom. The van der Waals surface area contributed by atoms with Gasteiger partial charge in [-0.3, -0.25) is 0 Å². The molecule has 1 aromatic carbocycles. The fraction of sp³-hybridized carbons (Fsp3) is 0.312. The molecule has 0 saturated carbocycles. The third kappa shape index (κ3) is 4.86. The molecule has 0 spiro atoms. The molecule has 0 aliphatic carbocycles. The van der Waals surface area contributed by atoms with E-state index in [2.05, 4.69) is 23.6 Å². The smallest absolute Gasteiger partial charge is 0.315 e. The minimum Gasteiger partial charge on any atom is -0.338 e. The largest absolute Gasteiger partial charge is 0.338 e. The molecule has 0 fully saturated rings. The van der Waals surface area contributed by atoms with E-state index in [1.54, 1.807) is 29.5 Å². The highest BCUT2D eigenvalue weighted by atomic mass is 32.1. The maximum Gasteiger partial charge on any atom is 0.315 e. The van der Waals surface area contributed by atoms with Gasteiger partial charge >= 0.3 is 6.03 Å². The molecule has 0 bridgehead atoms. The highest BCUT2D eigenvalue weighted by molar-refractivity contribution is 7.11. The number of carbonyl (C=O) groups excluding carboxylic acids is 1. The molecule has 0 aliphatic rings. The summed E-state index contributed by atoms with van der Waals surface area (Å²) in [5.74, 6) is -0.231. The van der Waals surface area contributed by atoms with Crippen molar-refractivity contribution in [1.82, 2.24) is 10.6 Å². The van der Waals surface area contributed by atoms with Crippen LogP contribution in [0.5, 0.6) is 0 Å². The van der Waals surface area contributed by atoms with Crippen molar-refractivity contribution in [2.75, 3.05) is 6.54 Å². The quantitative estimate of drug-likeness (QED) is 0.843. The van der Waals surface area contributed by atoms with Gasteiger partial charge in [-0.15, -0.1) is 11.3 Å². The van der Waals surface area contributed by atoms with Crippen LogP contribution < -0.4 is 10.6 Å². The molecular weight excluding hydrogens is 287 g/mol. The zero-order chi connectivity index (χ0) is 15.1. The van der Waals surface area contributed by atoms with Gasteiger partial charge in [0.1, 0.15) is 5.82 Å². The van der Waals surface area contributed by atoms with Crippen LogP contribution in [-0.2, 0) is 19.4 Å². The second-order valence-corrected chi connectivity index (χ2v) is 5.93. The van der Waals surface area contributed by atoms with Gasteiger partial charge in [-0.1, -0.05) is 25.1 Å². The normalized spacial score (nSPS) is 10.4. The van der Waals surface area contributed by atoms with E-state index in [9.17, 15) is 9.18 Å². The lowest BCUT2D eigenvalue weighted by atomic mass is 10.1. The van der Waals surface area contributed by atoms with Crippen molar-refractivity contribution < 1.29 is 9.18 Å². The summed E-state index contributed by atoms with van der Waals surface area (Å²) in [7, 11) is 0. The molecule has 112 valence electrons. The summed E-state index contributed by atoms with van der Waals surface area (Å²) in [5.41, 5.74) is 0.614. The summed E-state index contributed by atoms with van der Waals surface area (Å²) in [6.07, 6.45) is 1.50. The van der Waals surface area contributed by atoms with Crippen LogP contribution >= 0.6 is 11.3 Å². The fourth-order valence-electron chi connectivity index (χ4n) is 1.95. The first kappa shape index (κ1) is 15.5. The molecule has 0 aliphatic heterocycles. The van der Waals surface area contributed by atoms with E-state index < -0.39 is 0 Å². The summed E-state index contributed by atoms with van der Waals surface area (Å²) in [5, 5.41) is 5.54. The molecule has 21 heavy (non-hydrogen) atoms. The van der Waals surface area contributed by atoms with Crippen molar-refractivity contribution >= 4 is 17.4 Å². The zero-order valence-electron chi connectivity index (χ0n) is 12.0. The van der Waals surface area contributed by atoms with Crippen molar-refractivity contribution in [2.24, 2.45) is 0 Å². The van der Waals surface area contributed by atoms with Gasteiger partial charge < -0.3 is 10.6 Å². The van der Waals surface area contributed by atoms with Crippen molar-refractivity contribution in [1.29, 1.82) is 0 Å². The molecule has 1 aromatic heterocycles. The summed E-state index contributed by atoms with van der Waals surface area (Å²) in [6.45, 7) is 3.05. The third-order valence-electron chi connectivity index (χ3n) is 3.13. The number of halogens is 1. The van der Waals surface area contributed by atoms with Crippen molar-refractivity contribution in [3.63, 3.8) is 0 Å². The number of rotatable bonds is 6. The van der Waals surface area contributed by atoms with Crippen LogP contribution in [0.4, 0.5) is 9.18 Å². The molecule has 2 aromatic rings. The predicted molar refractivity (Wildman–Crippen MR) is 84.0 cm³/mol. The minimum atomic E-state index is -0.231. The summed E-state index contributed by atoms with van der Waals surface area (Å²) >= 11 is 1.71. The highest BCUT2D eigenvalue weighted by Gasteiger charge is 2.04. The zero-order valence-corrected chi connectivity index (χ0v) is 12.8. The average Bonchev–Trinajstić information content (AvgIpc) is 2.95. The molecule has 3 nitrogen and oxygen atoms in total. The predicted octanol–water partition coefficient (Wildman–Crippen LogP) is 3.49. The maximum atomic E-state index is 13.4. The summed E-state index contributed by atoms with van der Waals surface area (Å²) in [4.78, 5) is 14.1. The number of carbonyl (C=O) groups is 1. The summed E-state index contributed by atoms with van der Waals surface area (Å²) in [6, 6.07) is 10.5. The lowest BCUT2D eigenvalue weighted by Gasteiger charge is -2.07. The molecule has 2 amide bonds.